The normalized spacial score (nSPS) is 21.1. The van der Waals surface area contributed by atoms with E-state index in [0.29, 0.717) is 11.3 Å². The third kappa shape index (κ3) is 5.50. The Morgan fingerprint density at radius 1 is 1.24 bits per heavy atom. The van der Waals surface area contributed by atoms with E-state index < -0.39 is 29.6 Å². The molecule has 0 heterocycles. The van der Waals surface area contributed by atoms with Gasteiger partial charge in [-0.05, 0) is 70.7 Å². The largest absolute Gasteiger partial charge is 0.352 e. The zero-order chi connectivity index (χ0) is 21.0. The van der Waals surface area contributed by atoms with Gasteiger partial charge in [0.25, 0.3) is 5.91 Å². The standard InChI is InChI=1S/C22H18F3IN2O/c1-13-3-2-4-17(21(9-13)28-20-8-7-16(26)11-19(20)25)22(29)27-12-14-5-6-15(23)10-18(14)24/h2-11,14,18,28H,1,12H2,(H,27,29). The molecular weight excluding hydrogens is 492 g/mol. The fraction of sp³-hybridized carbons (Fsp3) is 0.136. The number of alkyl halides is 1. The quantitative estimate of drug-likeness (QED) is 0.530. The average molecular weight is 510 g/mol. The molecule has 0 saturated carbocycles. The van der Waals surface area contributed by atoms with Gasteiger partial charge >= 0.3 is 0 Å². The van der Waals surface area contributed by atoms with Crippen LogP contribution in [-0.2, 0) is 4.79 Å². The maximum absolute atomic E-state index is 14.3. The van der Waals surface area contributed by atoms with Crippen LogP contribution in [-0.4, -0.2) is 18.6 Å². The number of benzene rings is 1. The van der Waals surface area contributed by atoms with Crippen LogP contribution < -0.4 is 10.6 Å². The minimum Gasteiger partial charge on any atom is -0.352 e. The van der Waals surface area contributed by atoms with E-state index in [2.05, 4.69) is 17.2 Å². The molecule has 0 aliphatic heterocycles. The Labute approximate surface area is 180 Å². The summed E-state index contributed by atoms with van der Waals surface area (Å²) in [5.41, 5.74) is 1.44. The smallest absolute Gasteiger partial charge is 0.253 e. The Morgan fingerprint density at radius 2 is 2.03 bits per heavy atom. The fourth-order valence-electron chi connectivity index (χ4n) is 2.85. The van der Waals surface area contributed by atoms with Gasteiger partial charge in [-0.1, -0.05) is 24.8 Å². The van der Waals surface area contributed by atoms with Crippen molar-refractivity contribution >= 4 is 34.2 Å². The van der Waals surface area contributed by atoms with Crippen molar-refractivity contribution < 1.29 is 18.0 Å². The first-order chi connectivity index (χ1) is 13.8. The highest BCUT2D eigenvalue weighted by molar-refractivity contribution is 14.1. The minimum atomic E-state index is -1.52. The highest BCUT2D eigenvalue weighted by Gasteiger charge is 2.23. The first-order valence-electron chi connectivity index (χ1n) is 8.82. The highest BCUT2D eigenvalue weighted by atomic mass is 127. The summed E-state index contributed by atoms with van der Waals surface area (Å²) in [4.78, 5) is 12.8. The maximum atomic E-state index is 14.3. The van der Waals surface area contributed by atoms with Crippen LogP contribution in [0.1, 0.15) is 0 Å². The maximum Gasteiger partial charge on any atom is 0.253 e. The van der Waals surface area contributed by atoms with Crippen molar-refractivity contribution in [3.05, 3.63) is 99.4 Å². The molecule has 0 aromatic heterocycles. The van der Waals surface area contributed by atoms with Gasteiger partial charge in [0.05, 0.1) is 17.0 Å². The first-order valence-corrected chi connectivity index (χ1v) is 9.90. The molecule has 0 fully saturated rings. The summed E-state index contributed by atoms with van der Waals surface area (Å²) >= 11 is 2.01. The molecule has 2 unspecified atom stereocenters. The summed E-state index contributed by atoms with van der Waals surface area (Å²) < 4.78 is 42.0. The van der Waals surface area contributed by atoms with Crippen molar-refractivity contribution in [1.29, 1.82) is 0 Å². The highest BCUT2D eigenvalue weighted by Crippen LogP contribution is 2.24. The van der Waals surface area contributed by atoms with Crippen molar-refractivity contribution in [3.8, 4) is 0 Å². The average Bonchev–Trinajstić information content (AvgIpc) is 2.84. The number of allylic oxidation sites excluding steroid dienone is 8. The van der Waals surface area contributed by atoms with Crippen LogP contribution in [0.25, 0.3) is 0 Å². The number of anilines is 1. The number of nitrogens with one attached hydrogen (secondary N) is 2. The zero-order valence-corrected chi connectivity index (χ0v) is 17.4. The molecular formula is C22H18F3IN2O. The molecule has 7 heteroatoms. The van der Waals surface area contributed by atoms with Gasteiger partial charge in [-0.2, -0.15) is 0 Å². The second-order valence-corrected chi connectivity index (χ2v) is 7.80. The summed E-state index contributed by atoms with van der Waals surface area (Å²) in [6, 6.07) is 4.69. The number of carbonyl (C=O) groups is 1. The number of halogens is 4. The molecule has 0 spiro atoms. The third-order valence-electron chi connectivity index (χ3n) is 4.37. The van der Waals surface area contributed by atoms with E-state index in [9.17, 15) is 18.0 Å². The second kappa shape index (κ2) is 9.30. The molecule has 29 heavy (non-hydrogen) atoms. The molecule has 2 aliphatic rings. The second-order valence-electron chi connectivity index (χ2n) is 6.55. The fourth-order valence-corrected chi connectivity index (χ4v) is 3.30. The number of hydrogen-bond donors (Lipinski definition) is 2. The number of carbonyl (C=O) groups excluding carboxylic acids is 1. The van der Waals surface area contributed by atoms with E-state index in [1.165, 1.54) is 18.2 Å². The van der Waals surface area contributed by atoms with Gasteiger partial charge in [-0.15, -0.1) is 0 Å². The van der Waals surface area contributed by atoms with Crippen molar-refractivity contribution in [2.45, 2.75) is 6.17 Å². The summed E-state index contributed by atoms with van der Waals surface area (Å²) in [6.07, 6.45) is 8.49. The van der Waals surface area contributed by atoms with Gasteiger partial charge < -0.3 is 10.6 Å². The lowest BCUT2D eigenvalue weighted by Gasteiger charge is -2.20. The molecule has 0 bridgehead atoms. The Morgan fingerprint density at radius 3 is 2.76 bits per heavy atom. The molecule has 150 valence electrons. The SMILES string of the molecule is C=C1C=CC=C(C(=O)NCC2C=CC(F)=CC2F)C(Nc2ccc(I)cc2F)=C1. The van der Waals surface area contributed by atoms with Crippen LogP contribution in [0.2, 0.25) is 0 Å². The molecule has 1 aromatic carbocycles. The van der Waals surface area contributed by atoms with E-state index in [1.54, 1.807) is 36.4 Å². The van der Waals surface area contributed by atoms with Crippen molar-refractivity contribution in [2.75, 3.05) is 11.9 Å². The van der Waals surface area contributed by atoms with Crippen molar-refractivity contribution in [1.82, 2.24) is 5.32 Å². The zero-order valence-electron chi connectivity index (χ0n) is 15.3. The Balaban J connectivity index is 1.76. The van der Waals surface area contributed by atoms with E-state index in [1.807, 2.05) is 22.6 Å². The van der Waals surface area contributed by atoms with E-state index in [-0.39, 0.29) is 17.8 Å². The summed E-state index contributed by atoms with van der Waals surface area (Å²) in [5, 5.41) is 5.60. The van der Waals surface area contributed by atoms with Crippen molar-refractivity contribution in [3.63, 3.8) is 0 Å². The molecule has 2 atom stereocenters. The minimum absolute atomic E-state index is 0.00649. The van der Waals surface area contributed by atoms with Crippen LogP contribution in [0.5, 0.6) is 0 Å². The van der Waals surface area contributed by atoms with Crippen molar-refractivity contribution in [2.24, 2.45) is 5.92 Å². The van der Waals surface area contributed by atoms with Gasteiger partial charge in [0.2, 0.25) is 0 Å². The van der Waals surface area contributed by atoms with Crippen LogP contribution in [0.15, 0.2) is 90.0 Å². The van der Waals surface area contributed by atoms with Crippen LogP contribution in [0, 0.1) is 15.3 Å². The third-order valence-corrected chi connectivity index (χ3v) is 5.04. The molecule has 2 N–H and O–H groups in total. The van der Waals surface area contributed by atoms with E-state index >= 15 is 0 Å². The molecule has 0 radical (unpaired) electrons. The number of amides is 1. The Bertz CT molecular complexity index is 992. The summed E-state index contributed by atoms with van der Waals surface area (Å²) in [5.74, 6) is -2.22. The Kier molecular flexibility index (Phi) is 6.79. The molecule has 0 saturated heterocycles. The van der Waals surface area contributed by atoms with Crippen LogP contribution in [0.3, 0.4) is 0 Å². The van der Waals surface area contributed by atoms with Gasteiger partial charge in [0, 0.05) is 16.0 Å². The van der Waals surface area contributed by atoms with Gasteiger partial charge in [0.1, 0.15) is 17.8 Å². The topological polar surface area (TPSA) is 41.1 Å². The molecule has 3 rings (SSSR count). The predicted octanol–water partition coefficient (Wildman–Crippen LogP) is 5.27. The lowest BCUT2D eigenvalue weighted by Crippen LogP contribution is -2.34. The molecule has 3 nitrogen and oxygen atoms in total. The monoisotopic (exact) mass is 510 g/mol. The van der Waals surface area contributed by atoms with E-state index in [0.717, 1.165) is 9.65 Å². The van der Waals surface area contributed by atoms with Gasteiger partial charge in [0.15, 0.2) is 0 Å². The van der Waals surface area contributed by atoms with E-state index in [4.69, 9.17) is 0 Å². The molecule has 1 amide bonds. The number of rotatable bonds is 5. The van der Waals surface area contributed by atoms with Crippen LogP contribution >= 0.6 is 22.6 Å². The predicted molar refractivity (Wildman–Crippen MR) is 117 cm³/mol. The lowest BCUT2D eigenvalue weighted by atomic mass is 9.98. The number of hydrogen-bond acceptors (Lipinski definition) is 2. The lowest BCUT2D eigenvalue weighted by molar-refractivity contribution is -0.117. The Hall–Kier alpha value is -2.55. The molecule has 2 aliphatic carbocycles. The molecule has 1 aromatic rings. The van der Waals surface area contributed by atoms with Gasteiger partial charge in [-0.25, -0.2) is 13.2 Å². The summed E-state index contributed by atoms with van der Waals surface area (Å²) in [7, 11) is 0. The summed E-state index contributed by atoms with van der Waals surface area (Å²) in [6.45, 7) is 3.86. The van der Waals surface area contributed by atoms with Crippen LogP contribution in [0.4, 0.5) is 18.9 Å². The first kappa shape index (κ1) is 21.2. The van der Waals surface area contributed by atoms with Gasteiger partial charge in [-0.3, -0.25) is 4.79 Å².